The molecule has 0 radical (unpaired) electrons. The number of aryl methyl sites for hydroxylation is 1. The Morgan fingerprint density at radius 1 is 0.895 bits per heavy atom. The van der Waals surface area contributed by atoms with E-state index in [1.165, 1.54) is 17.4 Å². The van der Waals surface area contributed by atoms with E-state index in [1.807, 2.05) is 42.2 Å². The van der Waals surface area contributed by atoms with Gasteiger partial charge in [0.2, 0.25) is 0 Å². The minimum absolute atomic E-state index is 0.0477. The van der Waals surface area contributed by atoms with Crippen LogP contribution in [0.1, 0.15) is 15.2 Å². The number of fused-ring (bicyclic) bond motifs is 1. The number of thiophene rings is 1. The Kier molecular flexibility index (Phi) is 6.80. The quantitative estimate of drug-likeness (QED) is 0.353. The molecule has 196 valence electrons. The van der Waals surface area contributed by atoms with Gasteiger partial charge in [-0.3, -0.25) is 4.79 Å². The standard InChI is InChI=1S/C28H28ClFN6OS/c1-19-24-26(35-13-11-34(12-14-35)23-8-3-2-7-22(23)30)31-18-32-27(24)38-25(19)28(37)36-15-9-33(10-16-36)21-6-4-5-20(29)17-21/h2-8,17-18H,9-16H2,1H3. The number of benzene rings is 2. The number of rotatable bonds is 4. The van der Waals surface area contributed by atoms with Crippen molar-refractivity contribution in [3.63, 3.8) is 0 Å². The van der Waals surface area contributed by atoms with Gasteiger partial charge in [-0.2, -0.15) is 0 Å². The first kappa shape index (κ1) is 24.9. The Balaban J connectivity index is 1.18. The number of halogens is 2. The van der Waals surface area contributed by atoms with Crippen LogP contribution in [0.15, 0.2) is 54.9 Å². The predicted octanol–water partition coefficient (Wildman–Crippen LogP) is 5.08. The lowest BCUT2D eigenvalue weighted by atomic mass is 10.1. The van der Waals surface area contributed by atoms with Gasteiger partial charge in [0.25, 0.3) is 5.91 Å². The largest absolute Gasteiger partial charge is 0.368 e. The average molecular weight is 551 g/mol. The van der Waals surface area contributed by atoms with Crippen LogP contribution < -0.4 is 14.7 Å². The number of hydrogen-bond donors (Lipinski definition) is 0. The van der Waals surface area contributed by atoms with Crippen LogP contribution in [0.3, 0.4) is 0 Å². The smallest absolute Gasteiger partial charge is 0.264 e. The predicted molar refractivity (Wildman–Crippen MR) is 153 cm³/mol. The van der Waals surface area contributed by atoms with E-state index in [0.29, 0.717) is 50.0 Å². The van der Waals surface area contributed by atoms with Crippen LogP contribution in [0.4, 0.5) is 21.6 Å². The third-order valence-electron chi connectivity index (χ3n) is 7.41. The lowest BCUT2D eigenvalue weighted by molar-refractivity contribution is 0.0751. The summed E-state index contributed by atoms with van der Waals surface area (Å²) < 4.78 is 14.3. The summed E-state index contributed by atoms with van der Waals surface area (Å²) in [6.45, 7) is 7.62. The third kappa shape index (κ3) is 4.65. The molecule has 4 aromatic rings. The molecule has 4 heterocycles. The minimum Gasteiger partial charge on any atom is -0.368 e. The molecule has 0 saturated carbocycles. The van der Waals surface area contributed by atoms with E-state index in [0.717, 1.165) is 45.3 Å². The highest BCUT2D eigenvalue weighted by atomic mass is 35.5. The molecule has 6 rings (SSSR count). The van der Waals surface area contributed by atoms with Crippen LogP contribution in [0.25, 0.3) is 10.2 Å². The monoisotopic (exact) mass is 550 g/mol. The summed E-state index contributed by atoms with van der Waals surface area (Å²) in [7, 11) is 0. The van der Waals surface area contributed by atoms with Gasteiger partial charge in [-0.05, 0) is 42.8 Å². The number of aromatic nitrogens is 2. The van der Waals surface area contributed by atoms with Gasteiger partial charge < -0.3 is 19.6 Å². The van der Waals surface area contributed by atoms with Gasteiger partial charge >= 0.3 is 0 Å². The molecule has 0 unspecified atom stereocenters. The topological polar surface area (TPSA) is 55.8 Å². The molecule has 10 heteroatoms. The van der Waals surface area contributed by atoms with Crippen molar-refractivity contribution in [2.75, 3.05) is 67.1 Å². The lowest BCUT2D eigenvalue weighted by Gasteiger charge is -2.37. The second-order valence-electron chi connectivity index (χ2n) is 9.62. The maximum atomic E-state index is 14.3. The number of amides is 1. The molecule has 1 amide bonds. The van der Waals surface area contributed by atoms with Crippen molar-refractivity contribution in [3.05, 3.63) is 76.1 Å². The Morgan fingerprint density at radius 3 is 2.34 bits per heavy atom. The van der Waals surface area contributed by atoms with Gasteiger partial charge in [-0.1, -0.05) is 29.8 Å². The van der Waals surface area contributed by atoms with Gasteiger partial charge in [-0.15, -0.1) is 11.3 Å². The van der Waals surface area contributed by atoms with E-state index in [9.17, 15) is 9.18 Å². The van der Waals surface area contributed by atoms with E-state index >= 15 is 0 Å². The van der Waals surface area contributed by atoms with Gasteiger partial charge in [0.05, 0.1) is 16.0 Å². The Bertz CT molecular complexity index is 1480. The van der Waals surface area contributed by atoms with Gasteiger partial charge in [0.15, 0.2) is 0 Å². The number of piperazine rings is 2. The summed E-state index contributed by atoms with van der Waals surface area (Å²) in [6, 6.07) is 14.7. The van der Waals surface area contributed by atoms with Crippen molar-refractivity contribution >= 4 is 56.3 Å². The number of nitrogens with zero attached hydrogens (tertiary/aromatic N) is 6. The SMILES string of the molecule is Cc1c(C(=O)N2CCN(c3cccc(Cl)c3)CC2)sc2ncnc(N3CCN(c4ccccc4F)CC3)c12. The Hall–Kier alpha value is -3.43. The van der Waals surface area contributed by atoms with Crippen molar-refractivity contribution in [2.24, 2.45) is 0 Å². The molecule has 2 saturated heterocycles. The second kappa shape index (κ2) is 10.4. The average Bonchev–Trinajstić information content (AvgIpc) is 3.29. The zero-order valence-electron chi connectivity index (χ0n) is 21.1. The van der Waals surface area contributed by atoms with Crippen molar-refractivity contribution in [1.29, 1.82) is 0 Å². The number of anilines is 3. The highest BCUT2D eigenvalue weighted by Gasteiger charge is 2.29. The van der Waals surface area contributed by atoms with Crippen LogP contribution in [-0.2, 0) is 0 Å². The highest BCUT2D eigenvalue weighted by molar-refractivity contribution is 7.20. The lowest BCUT2D eigenvalue weighted by Crippen LogP contribution is -2.48. The van der Waals surface area contributed by atoms with Crippen molar-refractivity contribution in [1.82, 2.24) is 14.9 Å². The summed E-state index contributed by atoms with van der Waals surface area (Å²) in [5.74, 6) is 0.698. The number of para-hydroxylation sites is 1. The number of carbonyl (C=O) groups excluding carboxylic acids is 1. The molecule has 2 aromatic heterocycles. The van der Waals surface area contributed by atoms with Crippen LogP contribution >= 0.6 is 22.9 Å². The zero-order valence-corrected chi connectivity index (χ0v) is 22.7. The summed E-state index contributed by atoms with van der Waals surface area (Å²) >= 11 is 7.61. The second-order valence-corrected chi connectivity index (χ2v) is 11.1. The first-order chi connectivity index (χ1) is 18.5. The molecular weight excluding hydrogens is 523 g/mol. The fourth-order valence-corrected chi connectivity index (χ4v) is 6.64. The maximum Gasteiger partial charge on any atom is 0.264 e. The molecule has 0 spiro atoms. The Labute approximate surface area is 230 Å². The van der Waals surface area contributed by atoms with E-state index in [4.69, 9.17) is 11.6 Å². The van der Waals surface area contributed by atoms with Crippen molar-refractivity contribution in [2.45, 2.75) is 6.92 Å². The fraction of sp³-hybridized carbons (Fsp3) is 0.321. The fourth-order valence-electron chi connectivity index (χ4n) is 5.35. The van der Waals surface area contributed by atoms with E-state index in [1.54, 1.807) is 12.4 Å². The molecule has 2 aliphatic rings. The summed E-state index contributed by atoms with van der Waals surface area (Å²) in [5, 5.41) is 1.66. The summed E-state index contributed by atoms with van der Waals surface area (Å²) in [6.07, 6.45) is 1.58. The first-order valence-corrected chi connectivity index (χ1v) is 14.0. The zero-order chi connectivity index (χ0) is 26.2. The molecule has 38 heavy (non-hydrogen) atoms. The molecule has 2 aromatic carbocycles. The van der Waals surface area contributed by atoms with E-state index < -0.39 is 0 Å². The van der Waals surface area contributed by atoms with Crippen molar-refractivity contribution in [3.8, 4) is 0 Å². The van der Waals surface area contributed by atoms with Crippen molar-refractivity contribution < 1.29 is 9.18 Å². The number of hydrogen-bond acceptors (Lipinski definition) is 7. The van der Waals surface area contributed by atoms with Gasteiger partial charge in [-0.25, -0.2) is 14.4 Å². The van der Waals surface area contributed by atoms with E-state index in [2.05, 4.69) is 30.7 Å². The highest BCUT2D eigenvalue weighted by Crippen LogP contribution is 2.36. The van der Waals surface area contributed by atoms with Gasteiger partial charge in [0.1, 0.15) is 22.8 Å². The normalized spacial score (nSPS) is 16.4. The molecule has 2 aliphatic heterocycles. The molecule has 2 fully saturated rings. The van der Waals surface area contributed by atoms with E-state index in [-0.39, 0.29) is 11.7 Å². The van der Waals surface area contributed by atoms with Gasteiger partial charge in [0, 0.05) is 63.1 Å². The summed E-state index contributed by atoms with van der Waals surface area (Å²) in [5.41, 5.74) is 2.65. The first-order valence-electron chi connectivity index (χ1n) is 12.8. The molecule has 0 aliphatic carbocycles. The summed E-state index contributed by atoms with van der Waals surface area (Å²) in [4.78, 5) is 32.8. The molecule has 7 nitrogen and oxygen atoms in total. The molecule has 0 bridgehead atoms. The number of carbonyl (C=O) groups is 1. The van der Waals surface area contributed by atoms with Crippen LogP contribution in [0, 0.1) is 12.7 Å². The van der Waals surface area contributed by atoms with Crippen LogP contribution in [-0.4, -0.2) is 73.1 Å². The Morgan fingerprint density at radius 2 is 1.61 bits per heavy atom. The molecule has 0 N–H and O–H groups in total. The van der Waals surface area contributed by atoms with Crippen LogP contribution in [0.5, 0.6) is 0 Å². The third-order valence-corrected chi connectivity index (χ3v) is 8.84. The molecule has 0 atom stereocenters. The maximum absolute atomic E-state index is 14.3. The van der Waals surface area contributed by atoms with Crippen LogP contribution in [0.2, 0.25) is 5.02 Å². The molecular formula is C28H28ClFN6OS. The minimum atomic E-state index is -0.199.